The minimum atomic E-state index is -0.590. The molecule has 0 heterocycles. The Bertz CT molecular complexity index is 564. The number of nitrogens with two attached hydrogens (primary N) is 1. The number of hydrogen-bond donors (Lipinski definition) is 1. The second kappa shape index (κ2) is 5.17. The lowest BCUT2D eigenvalue weighted by atomic mass is 10.0. The minimum absolute atomic E-state index is 0.166. The first kappa shape index (κ1) is 12.6. The zero-order valence-electron chi connectivity index (χ0n) is 10.2. The summed E-state index contributed by atoms with van der Waals surface area (Å²) in [5.74, 6) is -1.09. The molecule has 0 saturated carbocycles. The molecule has 2 aromatic carbocycles. The molecule has 0 radical (unpaired) electrons. The van der Waals surface area contributed by atoms with Gasteiger partial charge < -0.3 is 5.73 Å². The molecule has 18 heavy (non-hydrogen) atoms. The Hall–Kier alpha value is -1.90. The molecular weight excluding hydrogens is 232 g/mol. The van der Waals surface area contributed by atoms with Crippen molar-refractivity contribution in [1.29, 1.82) is 0 Å². The van der Waals surface area contributed by atoms with E-state index in [1.807, 2.05) is 18.2 Å². The summed E-state index contributed by atoms with van der Waals surface area (Å²) < 4.78 is 27.2. The first-order valence-corrected chi connectivity index (χ1v) is 5.95. The molecule has 0 saturated heterocycles. The fourth-order valence-corrected chi connectivity index (χ4v) is 1.97. The molecule has 0 amide bonds. The Labute approximate surface area is 105 Å². The number of aryl methyl sites for hydroxylation is 1. The molecule has 0 aromatic heterocycles. The van der Waals surface area contributed by atoms with Gasteiger partial charge in [-0.25, -0.2) is 8.78 Å². The molecular formula is C15H15F2N. The van der Waals surface area contributed by atoms with Gasteiger partial charge in [-0.05, 0) is 23.6 Å². The van der Waals surface area contributed by atoms with E-state index in [-0.39, 0.29) is 11.3 Å². The van der Waals surface area contributed by atoms with Gasteiger partial charge >= 0.3 is 0 Å². The van der Waals surface area contributed by atoms with Crippen LogP contribution in [0.2, 0.25) is 0 Å². The van der Waals surface area contributed by atoms with E-state index in [4.69, 9.17) is 5.73 Å². The molecule has 3 heteroatoms. The largest absolute Gasteiger partial charge is 0.396 e. The van der Waals surface area contributed by atoms with Crippen LogP contribution in [-0.4, -0.2) is 0 Å². The third-order valence-corrected chi connectivity index (χ3v) is 2.86. The van der Waals surface area contributed by atoms with E-state index in [1.54, 1.807) is 6.07 Å². The summed E-state index contributed by atoms with van der Waals surface area (Å²) in [4.78, 5) is 0. The second-order valence-electron chi connectivity index (χ2n) is 4.30. The molecule has 0 aliphatic rings. The van der Waals surface area contributed by atoms with Crippen LogP contribution in [0.3, 0.4) is 0 Å². The van der Waals surface area contributed by atoms with Crippen LogP contribution < -0.4 is 5.73 Å². The van der Waals surface area contributed by atoms with E-state index in [0.717, 1.165) is 30.5 Å². The predicted molar refractivity (Wildman–Crippen MR) is 70.2 cm³/mol. The fourth-order valence-electron chi connectivity index (χ4n) is 1.97. The van der Waals surface area contributed by atoms with E-state index >= 15 is 0 Å². The summed E-state index contributed by atoms with van der Waals surface area (Å²) in [6.07, 6.45) is 1.94. The monoisotopic (exact) mass is 247 g/mol. The Morgan fingerprint density at radius 3 is 2.56 bits per heavy atom. The molecule has 0 aliphatic heterocycles. The van der Waals surface area contributed by atoms with Crippen LogP contribution >= 0.6 is 0 Å². The van der Waals surface area contributed by atoms with Crippen molar-refractivity contribution in [2.75, 3.05) is 5.73 Å². The third-order valence-electron chi connectivity index (χ3n) is 2.86. The minimum Gasteiger partial charge on any atom is -0.396 e. The highest BCUT2D eigenvalue weighted by molar-refractivity contribution is 5.67. The summed E-state index contributed by atoms with van der Waals surface area (Å²) in [5.41, 5.74) is 7.21. The van der Waals surface area contributed by atoms with Crippen molar-refractivity contribution in [3.8, 4) is 11.1 Å². The van der Waals surface area contributed by atoms with Crippen molar-refractivity contribution >= 4 is 5.69 Å². The lowest BCUT2D eigenvalue weighted by Crippen LogP contribution is -1.95. The van der Waals surface area contributed by atoms with E-state index in [2.05, 4.69) is 6.92 Å². The number of rotatable bonds is 3. The van der Waals surface area contributed by atoms with Crippen molar-refractivity contribution in [3.63, 3.8) is 0 Å². The number of benzene rings is 2. The van der Waals surface area contributed by atoms with Crippen molar-refractivity contribution in [2.24, 2.45) is 0 Å². The summed E-state index contributed by atoms with van der Waals surface area (Å²) in [6, 6.07) is 9.67. The first-order valence-electron chi connectivity index (χ1n) is 5.95. The van der Waals surface area contributed by atoms with Crippen LogP contribution in [0, 0.1) is 11.6 Å². The molecule has 94 valence electrons. The van der Waals surface area contributed by atoms with Gasteiger partial charge in [0.15, 0.2) is 0 Å². The Morgan fingerprint density at radius 1 is 1.06 bits per heavy atom. The summed E-state index contributed by atoms with van der Waals surface area (Å²) in [5, 5.41) is 0. The van der Waals surface area contributed by atoms with Crippen LogP contribution in [0.1, 0.15) is 18.9 Å². The molecule has 0 aliphatic carbocycles. The van der Waals surface area contributed by atoms with Crippen LogP contribution in [-0.2, 0) is 6.42 Å². The quantitative estimate of drug-likeness (QED) is 0.809. The standard InChI is InChI=1S/C15H15F2N/c1-2-4-10-5-3-6-11(7-10)12-8-14(17)15(18)9-13(12)16/h3,5-9H,2,4,18H2,1H3. The highest BCUT2D eigenvalue weighted by atomic mass is 19.1. The molecule has 1 nitrogen and oxygen atoms in total. The van der Waals surface area contributed by atoms with Gasteiger partial charge in [0.25, 0.3) is 0 Å². The average Bonchev–Trinajstić information content (AvgIpc) is 2.34. The average molecular weight is 247 g/mol. The van der Waals surface area contributed by atoms with Gasteiger partial charge in [0.1, 0.15) is 11.6 Å². The van der Waals surface area contributed by atoms with Gasteiger partial charge in [-0.15, -0.1) is 0 Å². The first-order chi connectivity index (χ1) is 8.61. The van der Waals surface area contributed by atoms with Crippen molar-refractivity contribution in [2.45, 2.75) is 19.8 Å². The Morgan fingerprint density at radius 2 is 1.83 bits per heavy atom. The molecule has 2 rings (SSSR count). The van der Waals surface area contributed by atoms with E-state index < -0.39 is 11.6 Å². The predicted octanol–water partition coefficient (Wildman–Crippen LogP) is 4.17. The van der Waals surface area contributed by atoms with Gasteiger partial charge in [-0.1, -0.05) is 37.6 Å². The maximum atomic E-state index is 13.8. The van der Waals surface area contributed by atoms with E-state index in [1.165, 1.54) is 0 Å². The van der Waals surface area contributed by atoms with E-state index in [9.17, 15) is 8.78 Å². The molecule has 0 fully saturated rings. The topological polar surface area (TPSA) is 26.0 Å². The lowest BCUT2D eigenvalue weighted by Gasteiger charge is -2.07. The molecule has 0 atom stereocenters. The number of hydrogen-bond acceptors (Lipinski definition) is 1. The van der Waals surface area contributed by atoms with Crippen molar-refractivity contribution in [1.82, 2.24) is 0 Å². The number of nitrogen functional groups attached to an aromatic ring is 1. The highest BCUT2D eigenvalue weighted by Crippen LogP contribution is 2.27. The van der Waals surface area contributed by atoms with Crippen LogP contribution in [0.25, 0.3) is 11.1 Å². The Kier molecular flexibility index (Phi) is 3.60. The van der Waals surface area contributed by atoms with Gasteiger partial charge in [0.2, 0.25) is 0 Å². The second-order valence-corrected chi connectivity index (χ2v) is 4.30. The lowest BCUT2D eigenvalue weighted by molar-refractivity contribution is 0.607. The van der Waals surface area contributed by atoms with Crippen LogP contribution in [0.4, 0.5) is 14.5 Å². The zero-order chi connectivity index (χ0) is 13.1. The van der Waals surface area contributed by atoms with Gasteiger partial charge in [-0.2, -0.15) is 0 Å². The smallest absolute Gasteiger partial charge is 0.146 e. The van der Waals surface area contributed by atoms with Gasteiger partial charge in [-0.3, -0.25) is 0 Å². The Balaban J connectivity index is 2.48. The summed E-state index contributed by atoms with van der Waals surface area (Å²) in [7, 11) is 0. The molecule has 2 N–H and O–H groups in total. The van der Waals surface area contributed by atoms with Gasteiger partial charge in [0.05, 0.1) is 5.69 Å². The number of halogens is 2. The normalized spacial score (nSPS) is 10.6. The summed E-state index contributed by atoms with van der Waals surface area (Å²) in [6.45, 7) is 2.08. The van der Waals surface area contributed by atoms with Crippen LogP contribution in [0.5, 0.6) is 0 Å². The molecule has 0 bridgehead atoms. The molecule has 2 aromatic rings. The van der Waals surface area contributed by atoms with Gasteiger partial charge in [0, 0.05) is 11.6 Å². The SMILES string of the molecule is CCCc1cccc(-c2cc(F)c(N)cc2F)c1. The number of anilines is 1. The summed E-state index contributed by atoms with van der Waals surface area (Å²) >= 11 is 0. The zero-order valence-corrected chi connectivity index (χ0v) is 10.2. The highest BCUT2D eigenvalue weighted by Gasteiger charge is 2.10. The maximum Gasteiger partial charge on any atom is 0.146 e. The van der Waals surface area contributed by atoms with Crippen molar-refractivity contribution < 1.29 is 8.78 Å². The molecule has 0 unspecified atom stereocenters. The third kappa shape index (κ3) is 2.50. The van der Waals surface area contributed by atoms with E-state index in [0.29, 0.717) is 5.56 Å². The van der Waals surface area contributed by atoms with Crippen LogP contribution in [0.15, 0.2) is 36.4 Å². The molecule has 0 spiro atoms. The maximum absolute atomic E-state index is 13.8. The fraction of sp³-hybridized carbons (Fsp3) is 0.200. The van der Waals surface area contributed by atoms with Crippen molar-refractivity contribution in [3.05, 3.63) is 53.6 Å².